The van der Waals surface area contributed by atoms with Crippen LogP contribution in [-0.4, -0.2) is 66.0 Å². The Morgan fingerprint density at radius 1 is 1.12 bits per heavy atom. The molecule has 0 aliphatic rings. The van der Waals surface area contributed by atoms with Gasteiger partial charge in [-0.15, -0.1) is 11.3 Å². The summed E-state index contributed by atoms with van der Waals surface area (Å²) in [7, 11) is 1.56. The quantitative estimate of drug-likeness (QED) is 0.128. The number of carboxylic acid groups (broad SMARTS) is 1. The summed E-state index contributed by atoms with van der Waals surface area (Å²) >= 11 is 8.27. The number of aromatic amines is 1. The van der Waals surface area contributed by atoms with Crippen molar-refractivity contribution in [2.45, 2.75) is 52.4 Å². The lowest BCUT2D eigenvalue weighted by Crippen LogP contribution is -2.32. The van der Waals surface area contributed by atoms with Crippen molar-refractivity contribution in [1.82, 2.24) is 40.5 Å². The molecule has 268 valence electrons. The fourth-order valence-corrected chi connectivity index (χ4v) is 6.17. The number of imidazole rings is 1. The zero-order valence-corrected chi connectivity index (χ0v) is 29.2. The zero-order chi connectivity index (χ0) is 37.1. The van der Waals surface area contributed by atoms with E-state index in [0.29, 0.717) is 45.6 Å². The standard InChI is InChI=1S/C31H31ClN8O3S.C2HF3O2/c1-31(2,3)25(14-27(41)34-16-28-37-26(39-43-28)11-19-6-5-9-44-19)40-24-13-21(32)20(30(42)33-4)12-23(24)36-29(40)17-7-8-18-15-35-38-22(18)10-17;3-2(4,5)1(6)7/h5-10,12-13,15,25H,11,14,16H2,1-4H3,(H,33,42)(H,34,41)(H,35,38);(H,6,7)/t25-;/m1./s1. The highest BCUT2D eigenvalue weighted by molar-refractivity contribution is 7.09. The Morgan fingerprint density at radius 2 is 1.86 bits per heavy atom. The summed E-state index contributed by atoms with van der Waals surface area (Å²) in [6.45, 7) is 6.35. The van der Waals surface area contributed by atoms with Crippen LogP contribution in [0.5, 0.6) is 0 Å². The van der Waals surface area contributed by atoms with Gasteiger partial charge in [0, 0.05) is 41.8 Å². The van der Waals surface area contributed by atoms with Gasteiger partial charge in [-0.25, -0.2) is 9.78 Å². The molecule has 0 aliphatic heterocycles. The first-order valence-corrected chi connectivity index (χ1v) is 16.6. The molecular formula is C33H32ClF3N8O5S. The van der Waals surface area contributed by atoms with Crippen LogP contribution in [0, 0.1) is 5.41 Å². The Labute approximate surface area is 297 Å². The molecule has 4 heterocycles. The first-order chi connectivity index (χ1) is 24.0. The third-order valence-electron chi connectivity index (χ3n) is 7.74. The number of alkyl halides is 3. The number of benzene rings is 2. The van der Waals surface area contributed by atoms with Gasteiger partial charge in [0.25, 0.3) is 5.91 Å². The SMILES string of the molecule is CNC(=O)c1cc2nc(-c3ccc4cn[nH]c4c3)n([C@H](CC(=O)NCc3nc(Cc4cccs4)no3)C(C)(C)C)c2cc1Cl.O=C(O)C(F)(F)F. The van der Waals surface area contributed by atoms with E-state index in [1.54, 1.807) is 36.7 Å². The molecule has 2 amide bonds. The van der Waals surface area contributed by atoms with E-state index in [9.17, 15) is 22.8 Å². The van der Waals surface area contributed by atoms with Crippen LogP contribution in [0.2, 0.25) is 5.02 Å². The summed E-state index contributed by atoms with van der Waals surface area (Å²) in [5.41, 5.74) is 2.92. The van der Waals surface area contributed by atoms with Crippen molar-refractivity contribution < 1.29 is 37.2 Å². The predicted octanol–water partition coefficient (Wildman–Crippen LogP) is 6.55. The summed E-state index contributed by atoms with van der Waals surface area (Å²) in [6, 6.07) is 13.0. The van der Waals surface area contributed by atoms with Crippen LogP contribution < -0.4 is 10.6 Å². The van der Waals surface area contributed by atoms with E-state index in [1.807, 2.05) is 35.7 Å². The van der Waals surface area contributed by atoms with Crippen LogP contribution in [0.25, 0.3) is 33.3 Å². The number of hydrogen-bond acceptors (Lipinski definition) is 9. The second kappa shape index (κ2) is 14.9. The van der Waals surface area contributed by atoms with E-state index < -0.39 is 12.1 Å². The Bertz CT molecular complexity index is 2190. The third-order valence-corrected chi connectivity index (χ3v) is 8.93. The van der Waals surface area contributed by atoms with Gasteiger partial charge in [0.05, 0.1) is 39.9 Å². The lowest BCUT2D eigenvalue weighted by atomic mass is 9.84. The molecule has 6 rings (SSSR count). The Balaban J connectivity index is 0.000000654. The van der Waals surface area contributed by atoms with Gasteiger partial charge in [0.1, 0.15) is 5.82 Å². The van der Waals surface area contributed by atoms with Crippen molar-refractivity contribution in [3.63, 3.8) is 0 Å². The van der Waals surface area contributed by atoms with Gasteiger partial charge in [-0.2, -0.15) is 23.3 Å². The number of halogens is 4. The van der Waals surface area contributed by atoms with Crippen molar-refractivity contribution >= 4 is 62.7 Å². The number of carboxylic acids is 1. The average Bonchev–Trinajstić information content (AvgIpc) is 3.89. The number of fused-ring (bicyclic) bond motifs is 2. The van der Waals surface area contributed by atoms with Gasteiger partial charge in [0.2, 0.25) is 11.8 Å². The maximum atomic E-state index is 13.5. The molecule has 0 saturated carbocycles. The monoisotopic (exact) mass is 744 g/mol. The van der Waals surface area contributed by atoms with Crippen LogP contribution in [0.3, 0.4) is 0 Å². The molecule has 0 spiro atoms. The number of nitrogens with zero attached hydrogens (tertiary/aromatic N) is 5. The Kier molecular flexibility index (Phi) is 10.8. The van der Waals surface area contributed by atoms with Crippen LogP contribution in [0.15, 0.2) is 58.6 Å². The number of carbonyl (C=O) groups excluding carboxylic acids is 2. The highest BCUT2D eigenvalue weighted by atomic mass is 35.5. The van der Waals surface area contributed by atoms with E-state index in [2.05, 4.69) is 56.3 Å². The van der Waals surface area contributed by atoms with Crippen molar-refractivity contribution in [3.05, 3.63) is 81.2 Å². The fourth-order valence-electron chi connectivity index (χ4n) is 5.23. The first kappa shape index (κ1) is 37.0. The smallest absolute Gasteiger partial charge is 0.475 e. The number of aromatic nitrogens is 6. The number of rotatable bonds is 9. The normalized spacial score (nSPS) is 12.4. The maximum Gasteiger partial charge on any atom is 0.490 e. The molecule has 0 aliphatic carbocycles. The average molecular weight is 745 g/mol. The third kappa shape index (κ3) is 8.72. The minimum Gasteiger partial charge on any atom is -0.475 e. The van der Waals surface area contributed by atoms with Gasteiger partial charge < -0.3 is 24.8 Å². The molecular weight excluding hydrogens is 713 g/mol. The van der Waals surface area contributed by atoms with Crippen molar-refractivity contribution in [1.29, 1.82) is 0 Å². The molecule has 18 heteroatoms. The molecule has 2 aromatic carbocycles. The summed E-state index contributed by atoms with van der Waals surface area (Å²) in [5, 5.41) is 27.2. The molecule has 4 aromatic heterocycles. The molecule has 1 atom stereocenters. The van der Waals surface area contributed by atoms with E-state index in [0.717, 1.165) is 21.3 Å². The summed E-state index contributed by atoms with van der Waals surface area (Å²) in [4.78, 5) is 45.5. The molecule has 51 heavy (non-hydrogen) atoms. The zero-order valence-electron chi connectivity index (χ0n) is 27.6. The number of carbonyl (C=O) groups is 3. The van der Waals surface area contributed by atoms with Gasteiger partial charge in [-0.05, 0) is 35.1 Å². The molecule has 0 radical (unpaired) electrons. The van der Waals surface area contributed by atoms with Crippen molar-refractivity contribution in [2.24, 2.45) is 5.41 Å². The summed E-state index contributed by atoms with van der Waals surface area (Å²) in [5.74, 6) is -1.70. The number of hydrogen-bond donors (Lipinski definition) is 4. The van der Waals surface area contributed by atoms with Crippen LogP contribution in [-0.2, 0) is 22.6 Å². The Morgan fingerprint density at radius 3 is 2.51 bits per heavy atom. The highest BCUT2D eigenvalue weighted by Gasteiger charge is 2.38. The summed E-state index contributed by atoms with van der Waals surface area (Å²) < 4.78 is 39.2. The predicted molar refractivity (Wildman–Crippen MR) is 183 cm³/mol. The molecule has 13 nitrogen and oxygen atoms in total. The number of thiophene rings is 1. The summed E-state index contributed by atoms with van der Waals surface area (Å²) in [6.07, 6.45) is -2.61. The number of H-pyrrole nitrogens is 1. The van der Waals surface area contributed by atoms with Gasteiger partial charge in [0.15, 0.2) is 5.82 Å². The topological polar surface area (TPSA) is 181 Å². The van der Waals surface area contributed by atoms with Gasteiger partial charge >= 0.3 is 12.1 Å². The van der Waals surface area contributed by atoms with Gasteiger partial charge in [-0.3, -0.25) is 14.7 Å². The second-order valence-corrected chi connectivity index (χ2v) is 13.8. The van der Waals surface area contributed by atoms with E-state index >= 15 is 0 Å². The highest BCUT2D eigenvalue weighted by Crippen LogP contribution is 2.41. The molecule has 4 N–H and O–H groups in total. The van der Waals surface area contributed by atoms with Crippen LogP contribution in [0.1, 0.15) is 60.2 Å². The van der Waals surface area contributed by atoms with E-state index in [4.69, 9.17) is 31.0 Å². The number of nitrogens with one attached hydrogen (secondary N) is 3. The molecule has 0 bridgehead atoms. The molecule has 0 fully saturated rings. The lowest BCUT2D eigenvalue weighted by Gasteiger charge is -2.33. The molecule has 0 saturated heterocycles. The fraction of sp³-hybridized carbons (Fsp3) is 0.303. The van der Waals surface area contributed by atoms with Crippen LogP contribution >= 0.6 is 22.9 Å². The minimum atomic E-state index is -5.08. The largest absolute Gasteiger partial charge is 0.490 e. The maximum absolute atomic E-state index is 13.5. The van der Waals surface area contributed by atoms with Crippen LogP contribution in [0.4, 0.5) is 13.2 Å². The second-order valence-electron chi connectivity index (χ2n) is 12.4. The lowest BCUT2D eigenvalue weighted by molar-refractivity contribution is -0.192. The minimum absolute atomic E-state index is 0.114. The number of aliphatic carboxylic acids is 1. The van der Waals surface area contributed by atoms with Crippen molar-refractivity contribution in [3.8, 4) is 11.4 Å². The van der Waals surface area contributed by atoms with E-state index in [-0.39, 0.29) is 36.2 Å². The Hall–Kier alpha value is -5.29. The number of amides is 2. The molecule has 0 unspecified atom stereocenters. The first-order valence-electron chi connectivity index (χ1n) is 15.3. The van der Waals surface area contributed by atoms with E-state index in [1.165, 1.54) is 0 Å². The van der Waals surface area contributed by atoms with Crippen molar-refractivity contribution in [2.75, 3.05) is 7.05 Å². The molecule has 6 aromatic rings. The van der Waals surface area contributed by atoms with Gasteiger partial charge in [-0.1, -0.05) is 55.7 Å².